The van der Waals surface area contributed by atoms with Gasteiger partial charge < -0.3 is 14.1 Å². The number of carbonyl (C=O) groups excluding carboxylic acids is 3. The number of allylic oxidation sites excluding steroid dienone is 3. The maximum Gasteiger partial charge on any atom is 0.340 e. The number of ether oxygens (including phenoxy) is 1. The fourth-order valence-corrected chi connectivity index (χ4v) is 8.02. The van der Waals surface area contributed by atoms with Gasteiger partial charge in [-0.2, -0.15) is 8.78 Å². The molecule has 11 heteroatoms. The van der Waals surface area contributed by atoms with Crippen molar-refractivity contribution in [2.45, 2.75) is 92.5 Å². The van der Waals surface area contributed by atoms with Crippen molar-refractivity contribution in [3.63, 3.8) is 0 Å². The normalized spacial score (nSPS) is 15.3. The number of hydrogen-bond acceptors (Lipinski definition) is 6. The van der Waals surface area contributed by atoms with E-state index in [2.05, 4.69) is 23.6 Å². The Morgan fingerprint density at radius 3 is 2.26 bits per heavy atom. The van der Waals surface area contributed by atoms with E-state index < -0.39 is 36.6 Å². The van der Waals surface area contributed by atoms with Gasteiger partial charge in [0.1, 0.15) is 11.5 Å². The second-order valence-electron chi connectivity index (χ2n) is 15.3. The number of oxime groups is 1. The van der Waals surface area contributed by atoms with E-state index in [0.717, 1.165) is 88.4 Å². The molecule has 0 N–H and O–H groups in total. The van der Waals surface area contributed by atoms with Crippen LogP contribution < -0.4 is 0 Å². The second kappa shape index (κ2) is 17.5. The molecule has 5 aromatic rings. The van der Waals surface area contributed by atoms with E-state index in [4.69, 9.17) is 9.57 Å². The van der Waals surface area contributed by atoms with E-state index in [1.54, 1.807) is 12.1 Å². The first-order valence-electron chi connectivity index (χ1n) is 19.7. The van der Waals surface area contributed by atoms with E-state index in [0.29, 0.717) is 17.0 Å². The zero-order valence-electron chi connectivity index (χ0n) is 33.6. The van der Waals surface area contributed by atoms with Crippen LogP contribution in [0.25, 0.3) is 32.6 Å². The van der Waals surface area contributed by atoms with E-state index in [1.807, 2.05) is 69.3 Å². The minimum atomic E-state index is -4.34. The van der Waals surface area contributed by atoms with Gasteiger partial charge in [0.25, 0.3) is 0 Å². The molecule has 2 unspecified atom stereocenters. The average Bonchev–Trinajstić information content (AvgIpc) is 3.50. The van der Waals surface area contributed by atoms with Gasteiger partial charge >= 0.3 is 18.3 Å². The number of benzene rings is 4. The minimum Gasteiger partial charge on any atom is -0.487 e. The number of alkyl halides is 4. The molecule has 7 nitrogen and oxygen atoms in total. The number of nitrogens with zero attached hydrogens (tertiary/aromatic N) is 2. The Kier molecular flexibility index (Phi) is 12.7. The summed E-state index contributed by atoms with van der Waals surface area (Å²) in [6.07, 6.45) is 4.50. The number of fused-ring (bicyclic) bond motifs is 5. The first-order chi connectivity index (χ1) is 27.6. The molecule has 304 valence electrons. The maximum atomic E-state index is 14.6. The summed E-state index contributed by atoms with van der Waals surface area (Å²) in [5.74, 6) is -6.18. The molecule has 4 aromatic carbocycles. The molecule has 58 heavy (non-hydrogen) atoms. The van der Waals surface area contributed by atoms with Gasteiger partial charge in [0, 0.05) is 57.8 Å². The highest BCUT2D eigenvalue weighted by Gasteiger charge is 2.42. The smallest absolute Gasteiger partial charge is 0.340 e. The summed E-state index contributed by atoms with van der Waals surface area (Å²) in [4.78, 5) is 45.9. The van der Waals surface area contributed by atoms with Crippen LogP contribution in [-0.2, 0) is 20.9 Å². The van der Waals surface area contributed by atoms with Gasteiger partial charge in [-0.3, -0.25) is 9.59 Å². The molecule has 2 atom stereocenters. The largest absolute Gasteiger partial charge is 0.487 e. The number of ketones is 2. The lowest BCUT2D eigenvalue weighted by Crippen LogP contribution is -2.32. The third kappa shape index (κ3) is 8.63. The molecule has 1 heterocycles. The molecule has 0 amide bonds. The van der Waals surface area contributed by atoms with Crippen LogP contribution in [0.1, 0.15) is 95.8 Å². The summed E-state index contributed by atoms with van der Waals surface area (Å²) in [6.45, 7) is 10.6. The SMILES string of the molecule is CCCCC(CC)Cn1c2ccc(C(=O)/C(=N/OC(C)=O)C3C=CC(OCC(F)(F)C(F)F)=CC3)cc2c2cc(C(=O)c3c(C)cc(C)cc3C)c3ccccc3c21. The van der Waals surface area contributed by atoms with Crippen molar-refractivity contribution in [3.05, 3.63) is 118 Å². The molecule has 0 fully saturated rings. The van der Waals surface area contributed by atoms with Crippen molar-refractivity contribution in [2.24, 2.45) is 17.0 Å². The molecule has 6 rings (SSSR count). The van der Waals surface area contributed by atoms with Crippen molar-refractivity contribution >= 4 is 55.8 Å². The fraction of sp³-hybridized carbons (Fsp3) is 0.362. The van der Waals surface area contributed by atoms with Gasteiger partial charge in [0.05, 0.1) is 5.52 Å². The number of unbranched alkanes of at least 4 members (excludes halogenated alkanes) is 1. The quantitative estimate of drug-likeness (QED) is 0.0326. The van der Waals surface area contributed by atoms with Crippen LogP contribution in [-0.4, -0.2) is 46.8 Å². The number of aromatic nitrogens is 1. The monoisotopic (exact) mass is 796 g/mol. The van der Waals surface area contributed by atoms with Gasteiger partial charge in [0.15, 0.2) is 12.4 Å². The average molecular weight is 797 g/mol. The molecule has 0 radical (unpaired) electrons. The van der Waals surface area contributed by atoms with Gasteiger partial charge in [-0.15, -0.1) is 0 Å². The van der Waals surface area contributed by atoms with Crippen LogP contribution in [0, 0.1) is 32.6 Å². The maximum absolute atomic E-state index is 14.6. The van der Waals surface area contributed by atoms with Gasteiger partial charge in [-0.05, 0) is 92.5 Å². The summed E-state index contributed by atoms with van der Waals surface area (Å²) in [7, 11) is 0. The predicted octanol–water partition coefficient (Wildman–Crippen LogP) is 11.8. The minimum absolute atomic E-state index is 0.0327. The molecule has 1 aliphatic carbocycles. The van der Waals surface area contributed by atoms with Crippen molar-refractivity contribution in [1.29, 1.82) is 0 Å². The lowest BCUT2D eigenvalue weighted by Gasteiger charge is -2.20. The second-order valence-corrected chi connectivity index (χ2v) is 15.3. The van der Waals surface area contributed by atoms with Gasteiger partial charge in [0.2, 0.25) is 5.78 Å². The van der Waals surface area contributed by atoms with Gasteiger partial charge in [-0.25, -0.2) is 13.6 Å². The summed E-state index contributed by atoms with van der Waals surface area (Å²) >= 11 is 0. The highest BCUT2D eigenvalue weighted by molar-refractivity contribution is 6.47. The topological polar surface area (TPSA) is 87.0 Å². The van der Waals surface area contributed by atoms with Crippen molar-refractivity contribution in [1.82, 2.24) is 4.57 Å². The molecule has 0 aliphatic heterocycles. The summed E-state index contributed by atoms with van der Waals surface area (Å²) in [5, 5.41) is 7.25. The molecular weight excluding hydrogens is 749 g/mol. The van der Waals surface area contributed by atoms with Gasteiger partial charge in [-0.1, -0.05) is 86.3 Å². The zero-order valence-corrected chi connectivity index (χ0v) is 33.6. The first kappa shape index (κ1) is 42.0. The highest BCUT2D eigenvalue weighted by Crippen LogP contribution is 2.39. The number of rotatable bonds is 16. The van der Waals surface area contributed by atoms with E-state index in [-0.39, 0.29) is 29.2 Å². The predicted molar refractivity (Wildman–Crippen MR) is 220 cm³/mol. The lowest BCUT2D eigenvalue weighted by atomic mass is 9.89. The Morgan fingerprint density at radius 1 is 0.931 bits per heavy atom. The summed E-state index contributed by atoms with van der Waals surface area (Å²) < 4.78 is 59.7. The Bertz CT molecular complexity index is 2470. The number of aryl methyl sites for hydroxylation is 3. The number of Topliss-reactive ketones (excluding diaryl/α,β-unsaturated/α-hetero) is 1. The molecule has 1 aliphatic rings. The third-order valence-electron chi connectivity index (χ3n) is 10.9. The number of hydrogen-bond donors (Lipinski definition) is 0. The van der Waals surface area contributed by atoms with Crippen molar-refractivity contribution in [3.8, 4) is 0 Å². The molecule has 0 saturated heterocycles. The van der Waals surface area contributed by atoms with Crippen LogP contribution in [0.2, 0.25) is 0 Å². The Hall–Kier alpha value is -5.58. The summed E-state index contributed by atoms with van der Waals surface area (Å²) in [6, 6.07) is 19.3. The fourth-order valence-electron chi connectivity index (χ4n) is 8.02. The van der Waals surface area contributed by atoms with Crippen LogP contribution in [0.4, 0.5) is 17.6 Å². The van der Waals surface area contributed by atoms with Crippen LogP contribution in [0.5, 0.6) is 0 Å². The Morgan fingerprint density at radius 2 is 1.64 bits per heavy atom. The zero-order chi connectivity index (χ0) is 41.9. The molecule has 0 bridgehead atoms. The van der Waals surface area contributed by atoms with Crippen molar-refractivity contribution in [2.75, 3.05) is 6.61 Å². The molecule has 0 spiro atoms. The third-order valence-corrected chi connectivity index (χ3v) is 10.9. The van der Waals surface area contributed by atoms with Crippen LogP contribution >= 0.6 is 0 Å². The molecule has 1 aromatic heterocycles. The van der Waals surface area contributed by atoms with Crippen LogP contribution in [0.15, 0.2) is 89.8 Å². The van der Waals surface area contributed by atoms with E-state index in [9.17, 15) is 31.9 Å². The standard InChI is InChI=1S/C47H48F4N2O5/c1-7-9-12-31(8-2)25-53-40-20-17-33(44(55)42(52-58-30(6)54)32-15-18-34(19-16-32)57-26-47(50,51)46(48)49)23-37(40)38-24-39(35-13-10-11-14-36(35)43(38)53)45(56)41-28(4)21-27(3)22-29(41)5/h10-11,13-15,17-24,31-32,46H,7-9,12,16,25-26H2,1-6H3/b52-42+. The van der Waals surface area contributed by atoms with E-state index >= 15 is 0 Å². The van der Waals surface area contributed by atoms with Crippen molar-refractivity contribution < 1.29 is 41.5 Å². The lowest BCUT2D eigenvalue weighted by molar-refractivity contribution is -0.157. The highest BCUT2D eigenvalue weighted by atomic mass is 19.3. The first-order valence-corrected chi connectivity index (χ1v) is 19.7. The van der Waals surface area contributed by atoms with E-state index in [1.165, 1.54) is 18.2 Å². The Labute approximate surface area is 335 Å². The Balaban J connectivity index is 1.50. The molecule has 0 saturated carbocycles. The number of carbonyl (C=O) groups is 3. The molecular formula is C47H48F4N2O5. The van der Waals surface area contributed by atoms with Crippen LogP contribution in [0.3, 0.4) is 0 Å². The summed E-state index contributed by atoms with van der Waals surface area (Å²) in [5.41, 5.74) is 6.01. The number of halogens is 4.